The number of carbonyl (C=O) groups is 2. The van der Waals surface area contributed by atoms with Gasteiger partial charge in [0.1, 0.15) is 0 Å². The van der Waals surface area contributed by atoms with E-state index in [-0.39, 0.29) is 30.0 Å². The molecule has 0 spiro atoms. The molecule has 1 N–H and O–H groups in total. The summed E-state index contributed by atoms with van der Waals surface area (Å²) in [6, 6.07) is 7.21. The summed E-state index contributed by atoms with van der Waals surface area (Å²) in [5.74, 6) is -0.565. The third-order valence-electron chi connectivity index (χ3n) is 4.88. The lowest BCUT2D eigenvalue weighted by Crippen LogP contribution is -2.42. The van der Waals surface area contributed by atoms with E-state index in [1.165, 1.54) is 13.0 Å². The van der Waals surface area contributed by atoms with Crippen molar-refractivity contribution in [3.05, 3.63) is 46.7 Å². The maximum atomic E-state index is 13.1. The van der Waals surface area contributed by atoms with E-state index in [0.29, 0.717) is 36.6 Å². The van der Waals surface area contributed by atoms with Crippen LogP contribution in [-0.2, 0) is 22.3 Å². The number of likely N-dealkylation sites (tertiary alicyclic amines) is 1. The lowest BCUT2D eigenvalue weighted by Gasteiger charge is -2.30. The smallest absolute Gasteiger partial charge is 0.350 e. The van der Waals surface area contributed by atoms with Gasteiger partial charge < -0.3 is 10.2 Å². The fraction of sp³-hybridized carbons (Fsp3) is 0.421. The van der Waals surface area contributed by atoms with E-state index in [1.54, 1.807) is 23.1 Å². The standard InChI is InChI=1S/C19H20ClF3N4O2/c1-12(28)26-7-5-13(6-8-26)18(29)24-11-16-10-17(19(21,22)23)25-27(16)15-4-2-3-14(20)9-15/h2-4,9-10,13H,5-8,11H2,1H3,(H,24,29). The van der Waals surface area contributed by atoms with Crippen molar-refractivity contribution in [2.75, 3.05) is 13.1 Å². The van der Waals surface area contributed by atoms with Gasteiger partial charge in [0.2, 0.25) is 11.8 Å². The van der Waals surface area contributed by atoms with Crippen LogP contribution < -0.4 is 5.32 Å². The molecular weight excluding hydrogens is 409 g/mol. The Morgan fingerprint density at radius 3 is 2.52 bits per heavy atom. The van der Waals surface area contributed by atoms with Crippen molar-refractivity contribution in [3.63, 3.8) is 0 Å². The minimum atomic E-state index is -4.61. The maximum Gasteiger partial charge on any atom is 0.435 e. The van der Waals surface area contributed by atoms with Crippen LogP contribution in [0.4, 0.5) is 13.2 Å². The molecule has 2 heterocycles. The van der Waals surface area contributed by atoms with Crippen LogP contribution in [0.1, 0.15) is 31.2 Å². The number of hydrogen-bond donors (Lipinski definition) is 1. The number of halogens is 4. The maximum absolute atomic E-state index is 13.1. The second-order valence-electron chi connectivity index (χ2n) is 6.91. The average molecular weight is 429 g/mol. The van der Waals surface area contributed by atoms with Gasteiger partial charge in [-0.3, -0.25) is 9.59 Å². The lowest BCUT2D eigenvalue weighted by molar-refractivity contribution is -0.141. The Labute approximate surface area is 170 Å². The van der Waals surface area contributed by atoms with Gasteiger partial charge in [-0.25, -0.2) is 4.68 Å². The van der Waals surface area contributed by atoms with Crippen LogP contribution in [0.3, 0.4) is 0 Å². The predicted octanol–water partition coefficient (Wildman–Crippen LogP) is 3.42. The molecule has 1 aromatic carbocycles. The zero-order valence-electron chi connectivity index (χ0n) is 15.7. The van der Waals surface area contributed by atoms with Gasteiger partial charge in [-0.2, -0.15) is 18.3 Å². The molecule has 1 saturated heterocycles. The quantitative estimate of drug-likeness (QED) is 0.811. The lowest BCUT2D eigenvalue weighted by atomic mass is 9.96. The van der Waals surface area contributed by atoms with Crippen LogP contribution in [0.15, 0.2) is 30.3 Å². The van der Waals surface area contributed by atoms with E-state index >= 15 is 0 Å². The van der Waals surface area contributed by atoms with Crippen molar-refractivity contribution < 1.29 is 22.8 Å². The average Bonchev–Trinajstić information content (AvgIpc) is 3.11. The van der Waals surface area contributed by atoms with Crippen LogP contribution in [0.25, 0.3) is 5.69 Å². The van der Waals surface area contributed by atoms with E-state index in [9.17, 15) is 22.8 Å². The first-order chi connectivity index (χ1) is 13.6. The summed E-state index contributed by atoms with van der Waals surface area (Å²) in [5, 5.41) is 6.71. The van der Waals surface area contributed by atoms with Gasteiger partial charge in [-0.05, 0) is 37.1 Å². The van der Waals surface area contributed by atoms with Gasteiger partial charge in [-0.1, -0.05) is 17.7 Å². The largest absolute Gasteiger partial charge is 0.435 e. The number of piperidine rings is 1. The van der Waals surface area contributed by atoms with E-state index < -0.39 is 11.9 Å². The normalized spacial score (nSPS) is 15.4. The van der Waals surface area contributed by atoms with Crippen molar-refractivity contribution in [2.24, 2.45) is 5.92 Å². The Balaban J connectivity index is 1.74. The summed E-state index contributed by atoms with van der Waals surface area (Å²) in [6.45, 7) is 2.36. The number of alkyl halides is 3. The molecular formula is C19H20ClF3N4O2. The van der Waals surface area contributed by atoms with E-state index in [4.69, 9.17) is 11.6 Å². The van der Waals surface area contributed by atoms with Gasteiger partial charge in [0.15, 0.2) is 5.69 Å². The third-order valence-corrected chi connectivity index (χ3v) is 5.12. The number of hydrogen-bond acceptors (Lipinski definition) is 3. The molecule has 2 aromatic rings. The number of nitrogens with one attached hydrogen (secondary N) is 1. The van der Waals surface area contributed by atoms with Gasteiger partial charge in [0, 0.05) is 31.0 Å². The highest BCUT2D eigenvalue weighted by molar-refractivity contribution is 6.30. The molecule has 156 valence electrons. The summed E-state index contributed by atoms with van der Waals surface area (Å²) in [7, 11) is 0. The highest BCUT2D eigenvalue weighted by Crippen LogP contribution is 2.30. The molecule has 2 amide bonds. The minimum Gasteiger partial charge on any atom is -0.350 e. The number of carbonyl (C=O) groups excluding carboxylic acids is 2. The molecule has 29 heavy (non-hydrogen) atoms. The van der Waals surface area contributed by atoms with Gasteiger partial charge >= 0.3 is 6.18 Å². The zero-order chi connectivity index (χ0) is 21.2. The molecule has 1 aliphatic rings. The Bertz CT molecular complexity index is 905. The fourth-order valence-corrected chi connectivity index (χ4v) is 3.48. The number of amides is 2. The van der Waals surface area contributed by atoms with Crippen molar-refractivity contribution in [1.82, 2.24) is 20.0 Å². The van der Waals surface area contributed by atoms with E-state index in [0.717, 1.165) is 10.7 Å². The van der Waals surface area contributed by atoms with Crippen LogP contribution in [0.2, 0.25) is 5.02 Å². The van der Waals surface area contributed by atoms with Gasteiger partial charge in [0.05, 0.1) is 17.9 Å². The first-order valence-electron chi connectivity index (χ1n) is 9.10. The first kappa shape index (κ1) is 21.2. The zero-order valence-corrected chi connectivity index (χ0v) is 16.4. The Morgan fingerprint density at radius 1 is 1.24 bits per heavy atom. The fourth-order valence-electron chi connectivity index (χ4n) is 3.29. The highest BCUT2D eigenvalue weighted by atomic mass is 35.5. The topological polar surface area (TPSA) is 67.2 Å². The Hall–Kier alpha value is -2.55. The number of benzene rings is 1. The number of aromatic nitrogens is 2. The first-order valence-corrected chi connectivity index (χ1v) is 9.48. The van der Waals surface area contributed by atoms with Crippen molar-refractivity contribution in [3.8, 4) is 5.69 Å². The molecule has 0 aliphatic carbocycles. The van der Waals surface area contributed by atoms with Crippen molar-refractivity contribution in [2.45, 2.75) is 32.5 Å². The predicted molar refractivity (Wildman–Crippen MR) is 100 cm³/mol. The Kier molecular flexibility index (Phi) is 6.16. The van der Waals surface area contributed by atoms with Crippen molar-refractivity contribution >= 4 is 23.4 Å². The summed E-state index contributed by atoms with van der Waals surface area (Å²) < 4.78 is 40.6. The number of rotatable bonds is 4. The highest BCUT2D eigenvalue weighted by Gasteiger charge is 2.35. The molecule has 1 aliphatic heterocycles. The second kappa shape index (κ2) is 8.44. The molecule has 6 nitrogen and oxygen atoms in total. The number of nitrogens with zero attached hydrogens (tertiary/aromatic N) is 3. The molecule has 0 unspecified atom stereocenters. The van der Waals surface area contributed by atoms with Crippen LogP contribution in [0, 0.1) is 5.92 Å². The van der Waals surface area contributed by atoms with Crippen LogP contribution in [-0.4, -0.2) is 39.6 Å². The molecule has 0 radical (unpaired) electrons. The van der Waals surface area contributed by atoms with Crippen LogP contribution in [0.5, 0.6) is 0 Å². The summed E-state index contributed by atoms with van der Waals surface area (Å²) in [5.41, 5.74) is -0.488. The summed E-state index contributed by atoms with van der Waals surface area (Å²) in [4.78, 5) is 25.5. The van der Waals surface area contributed by atoms with E-state index in [1.807, 2.05) is 0 Å². The van der Waals surface area contributed by atoms with Gasteiger partial charge in [-0.15, -0.1) is 0 Å². The minimum absolute atomic E-state index is 0.0334. The molecule has 0 bridgehead atoms. The molecule has 1 aromatic heterocycles. The SMILES string of the molecule is CC(=O)N1CCC(C(=O)NCc2cc(C(F)(F)F)nn2-c2cccc(Cl)c2)CC1. The third kappa shape index (κ3) is 5.09. The van der Waals surface area contributed by atoms with Crippen molar-refractivity contribution in [1.29, 1.82) is 0 Å². The van der Waals surface area contributed by atoms with Crippen LogP contribution >= 0.6 is 11.6 Å². The van der Waals surface area contributed by atoms with E-state index in [2.05, 4.69) is 10.4 Å². The molecule has 3 rings (SSSR count). The monoisotopic (exact) mass is 428 g/mol. The molecule has 1 fully saturated rings. The summed E-state index contributed by atoms with van der Waals surface area (Å²) >= 11 is 5.95. The second-order valence-corrected chi connectivity index (χ2v) is 7.34. The molecule has 0 atom stereocenters. The summed E-state index contributed by atoms with van der Waals surface area (Å²) in [6.07, 6.45) is -3.57. The molecule has 0 saturated carbocycles. The molecule has 10 heteroatoms. The van der Waals surface area contributed by atoms with Gasteiger partial charge in [0.25, 0.3) is 0 Å². The Morgan fingerprint density at radius 2 is 1.93 bits per heavy atom.